The van der Waals surface area contributed by atoms with Gasteiger partial charge in [-0.3, -0.25) is 4.79 Å². The van der Waals surface area contributed by atoms with Crippen molar-refractivity contribution in [2.75, 3.05) is 6.61 Å². The zero-order valence-corrected chi connectivity index (χ0v) is 7.32. The Balaban J connectivity index is 2.06. The molecule has 0 spiro atoms. The minimum atomic E-state index is -0.307. The zero-order valence-electron chi connectivity index (χ0n) is 7.32. The van der Waals surface area contributed by atoms with Crippen LogP contribution < -0.4 is 11.5 Å². The van der Waals surface area contributed by atoms with E-state index in [0.29, 0.717) is 12.6 Å². The maximum Gasteiger partial charge on any atom is 0.222 e. The molecule has 4 N–H and O–H groups in total. The molecule has 0 radical (unpaired) electrons. The molecule has 0 heterocycles. The third-order valence-electron chi connectivity index (χ3n) is 2.20. The first kappa shape index (κ1) is 9.48. The first-order valence-electron chi connectivity index (χ1n) is 4.26. The molecule has 1 saturated carbocycles. The van der Waals surface area contributed by atoms with Crippen LogP contribution in [0.1, 0.15) is 19.8 Å². The fraction of sp³-hybridized carbons (Fsp3) is 0.875. The number of primary amides is 1. The summed E-state index contributed by atoms with van der Waals surface area (Å²) in [6, 6.07) is 0.291. The van der Waals surface area contributed by atoms with Gasteiger partial charge in [0.15, 0.2) is 0 Å². The maximum atomic E-state index is 10.6. The number of carbonyl (C=O) groups is 1. The zero-order chi connectivity index (χ0) is 9.14. The summed E-state index contributed by atoms with van der Waals surface area (Å²) < 4.78 is 5.39. The molecule has 1 aliphatic carbocycles. The maximum absolute atomic E-state index is 10.6. The molecular weight excluding hydrogens is 156 g/mol. The summed E-state index contributed by atoms with van der Waals surface area (Å²) in [5.41, 5.74) is 10.6. The molecule has 1 amide bonds. The van der Waals surface area contributed by atoms with Crippen LogP contribution in [-0.2, 0) is 9.53 Å². The van der Waals surface area contributed by atoms with Crippen molar-refractivity contribution in [3.63, 3.8) is 0 Å². The molecule has 1 fully saturated rings. The molecule has 1 unspecified atom stereocenters. The Bertz CT molecular complexity index is 166. The van der Waals surface area contributed by atoms with Gasteiger partial charge in [-0.2, -0.15) is 0 Å². The van der Waals surface area contributed by atoms with Crippen molar-refractivity contribution < 1.29 is 9.53 Å². The van der Waals surface area contributed by atoms with E-state index in [1.165, 1.54) is 0 Å². The van der Waals surface area contributed by atoms with Crippen LogP contribution in [0.4, 0.5) is 0 Å². The van der Waals surface area contributed by atoms with Gasteiger partial charge in [0, 0.05) is 6.04 Å². The fourth-order valence-electron chi connectivity index (χ4n) is 1.10. The van der Waals surface area contributed by atoms with E-state index in [4.69, 9.17) is 16.2 Å². The molecule has 0 aromatic rings. The van der Waals surface area contributed by atoms with Gasteiger partial charge in [-0.05, 0) is 12.8 Å². The van der Waals surface area contributed by atoms with E-state index in [-0.39, 0.29) is 17.9 Å². The molecule has 0 aliphatic heterocycles. The molecule has 12 heavy (non-hydrogen) atoms. The molecule has 4 heteroatoms. The van der Waals surface area contributed by atoms with E-state index in [2.05, 4.69) is 0 Å². The third-order valence-corrected chi connectivity index (χ3v) is 2.20. The molecule has 1 aliphatic rings. The second kappa shape index (κ2) is 3.87. The molecule has 1 atom stereocenters. The lowest BCUT2D eigenvalue weighted by Gasteiger charge is -2.32. The molecule has 1 rings (SSSR count). The number of amides is 1. The van der Waals surface area contributed by atoms with Crippen LogP contribution in [0.2, 0.25) is 0 Å². The minimum absolute atomic E-state index is 0.193. The van der Waals surface area contributed by atoms with Gasteiger partial charge < -0.3 is 16.2 Å². The van der Waals surface area contributed by atoms with Crippen LogP contribution in [0.5, 0.6) is 0 Å². The summed E-state index contributed by atoms with van der Waals surface area (Å²) in [5, 5.41) is 0. The van der Waals surface area contributed by atoms with Gasteiger partial charge in [0.25, 0.3) is 0 Å². The Morgan fingerprint density at radius 1 is 1.67 bits per heavy atom. The molecule has 0 aromatic carbocycles. The lowest BCUT2D eigenvalue weighted by Crippen LogP contribution is -2.42. The summed E-state index contributed by atoms with van der Waals surface area (Å²) in [7, 11) is 0. The van der Waals surface area contributed by atoms with E-state index in [1.54, 1.807) is 6.92 Å². The molecule has 4 nitrogen and oxygen atoms in total. The van der Waals surface area contributed by atoms with E-state index in [1.807, 2.05) is 0 Å². The quantitative estimate of drug-likeness (QED) is 0.606. The van der Waals surface area contributed by atoms with Crippen molar-refractivity contribution in [1.29, 1.82) is 0 Å². The predicted octanol–water partition coefficient (Wildman–Crippen LogP) is -0.386. The standard InChI is InChI=1S/C8H16N2O2/c1-5(8(10)11)4-12-7-2-6(9)3-7/h5-7H,2-4,9H2,1H3,(H2,10,11). The van der Waals surface area contributed by atoms with E-state index in [9.17, 15) is 4.79 Å². The minimum Gasteiger partial charge on any atom is -0.377 e. The van der Waals surface area contributed by atoms with E-state index >= 15 is 0 Å². The summed E-state index contributed by atoms with van der Waals surface area (Å²) >= 11 is 0. The molecule has 0 aromatic heterocycles. The second-order valence-electron chi connectivity index (χ2n) is 3.49. The SMILES string of the molecule is CC(COC1CC(N)C1)C(N)=O. The normalized spacial score (nSPS) is 30.8. The highest BCUT2D eigenvalue weighted by Crippen LogP contribution is 2.21. The van der Waals surface area contributed by atoms with Crippen molar-refractivity contribution in [2.24, 2.45) is 17.4 Å². The van der Waals surface area contributed by atoms with Crippen molar-refractivity contribution in [1.82, 2.24) is 0 Å². The summed E-state index contributed by atoms with van der Waals surface area (Å²) in [6.45, 7) is 2.19. The number of hydrogen-bond acceptors (Lipinski definition) is 3. The summed E-state index contributed by atoms with van der Waals surface area (Å²) in [6.07, 6.45) is 2.07. The first-order valence-corrected chi connectivity index (χ1v) is 4.26. The van der Waals surface area contributed by atoms with Gasteiger partial charge in [0.1, 0.15) is 0 Å². The average molecular weight is 172 g/mol. The highest BCUT2D eigenvalue weighted by Gasteiger charge is 2.27. The Labute approximate surface area is 72.2 Å². The predicted molar refractivity (Wildman–Crippen MR) is 45.3 cm³/mol. The number of rotatable bonds is 4. The topological polar surface area (TPSA) is 78.3 Å². The number of nitrogens with two attached hydrogens (primary N) is 2. The monoisotopic (exact) mass is 172 g/mol. The fourth-order valence-corrected chi connectivity index (χ4v) is 1.10. The van der Waals surface area contributed by atoms with Crippen molar-refractivity contribution in [2.45, 2.75) is 31.9 Å². The Hall–Kier alpha value is -0.610. The number of hydrogen-bond donors (Lipinski definition) is 2. The van der Waals surface area contributed by atoms with Crippen LogP contribution in [0.3, 0.4) is 0 Å². The lowest BCUT2D eigenvalue weighted by atomic mass is 9.90. The number of ether oxygens (including phenoxy) is 1. The molecule has 0 bridgehead atoms. The first-order chi connectivity index (χ1) is 5.59. The average Bonchev–Trinajstić information content (AvgIpc) is 1.95. The van der Waals surface area contributed by atoms with Crippen LogP contribution in [0.25, 0.3) is 0 Å². The van der Waals surface area contributed by atoms with Crippen LogP contribution in [0, 0.1) is 5.92 Å². The number of carbonyl (C=O) groups excluding carboxylic acids is 1. The third kappa shape index (κ3) is 2.46. The van der Waals surface area contributed by atoms with Gasteiger partial charge in [-0.15, -0.1) is 0 Å². The van der Waals surface area contributed by atoms with Crippen molar-refractivity contribution in [3.8, 4) is 0 Å². The Kier molecular flexibility index (Phi) is 3.05. The molecule has 0 saturated heterocycles. The van der Waals surface area contributed by atoms with Crippen molar-refractivity contribution in [3.05, 3.63) is 0 Å². The van der Waals surface area contributed by atoms with Crippen LogP contribution >= 0.6 is 0 Å². The van der Waals surface area contributed by atoms with Gasteiger partial charge in [0.2, 0.25) is 5.91 Å². The van der Waals surface area contributed by atoms with E-state index in [0.717, 1.165) is 12.8 Å². The Morgan fingerprint density at radius 2 is 2.25 bits per heavy atom. The molecular formula is C8H16N2O2. The summed E-state index contributed by atoms with van der Waals surface area (Å²) in [4.78, 5) is 10.6. The lowest BCUT2D eigenvalue weighted by molar-refractivity contribution is -0.124. The highest BCUT2D eigenvalue weighted by molar-refractivity contribution is 5.76. The summed E-state index contributed by atoms with van der Waals surface area (Å²) in [5.74, 6) is -0.500. The largest absolute Gasteiger partial charge is 0.377 e. The van der Waals surface area contributed by atoms with Gasteiger partial charge >= 0.3 is 0 Å². The van der Waals surface area contributed by atoms with Gasteiger partial charge in [0.05, 0.1) is 18.6 Å². The van der Waals surface area contributed by atoms with E-state index < -0.39 is 0 Å². The van der Waals surface area contributed by atoms with Gasteiger partial charge in [-0.1, -0.05) is 6.92 Å². The van der Waals surface area contributed by atoms with Crippen molar-refractivity contribution >= 4 is 5.91 Å². The van der Waals surface area contributed by atoms with Crippen LogP contribution in [-0.4, -0.2) is 24.7 Å². The Morgan fingerprint density at radius 3 is 2.67 bits per heavy atom. The van der Waals surface area contributed by atoms with Gasteiger partial charge in [-0.25, -0.2) is 0 Å². The molecule has 70 valence electrons. The highest BCUT2D eigenvalue weighted by atomic mass is 16.5. The second-order valence-corrected chi connectivity index (χ2v) is 3.49. The van der Waals surface area contributed by atoms with Crippen LogP contribution in [0.15, 0.2) is 0 Å². The smallest absolute Gasteiger partial charge is 0.222 e.